The number of hydrogen-bond donors (Lipinski definition) is 3. The first-order valence-corrected chi connectivity index (χ1v) is 11.5. The fourth-order valence-corrected chi connectivity index (χ4v) is 3.87. The summed E-state index contributed by atoms with van der Waals surface area (Å²) in [6.45, 7) is 2.21. The van der Waals surface area contributed by atoms with E-state index in [2.05, 4.69) is 14.8 Å². The van der Waals surface area contributed by atoms with Gasteiger partial charge in [-0.2, -0.15) is 0 Å². The molecule has 0 saturated carbocycles. The van der Waals surface area contributed by atoms with E-state index in [1.165, 1.54) is 42.5 Å². The van der Waals surface area contributed by atoms with Gasteiger partial charge >= 0.3 is 0 Å². The highest BCUT2D eigenvalue weighted by Crippen LogP contribution is 2.17. The van der Waals surface area contributed by atoms with Crippen LogP contribution in [0.1, 0.15) is 23.7 Å². The third-order valence-electron chi connectivity index (χ3n) is 3.39. The first-order chi connectivity index (χ1) is 12.6. The molecule has 146 valence electrons. The predicted octanol–water partition coefficient (Wildman–Crippen LogP) is 2.00. The molecule has 2 aromatic rings. The molecule has 3 N–H and O–H groups in total. The Bertz CT molecular complexity index is 1020. The number of carbonyl (C=O) groups excluding carboxylic acids is 1. The number of carbonyl (C=O) groups is 1. The van der Waals surface area contributed by atoms with E-state index in [-0.39, 0.29) is 16.1 Å². The maximum atomic E-state index is 12.3. The summed E-state index contributed by atoms with van der Waals surface area (Å²) in [5, 5.41) is 2.64. The van der Waals surface area contributed by atoms with Gasteiger partial charge in [0.05, 0.1) is 11.2 Å². The van der Waals surface area contributed by atoms with Crippen LogP contribution in [-0.2, 0) is 20.0 Å². The Morgan fingerprint density at radius 3 is 2.22 bits per heavy atom. The lowest BCUT2D eigenvalue weighted by Gasteiger charge is -2.09. The highest BCUT2D eigenvalue weighted by Gasteiger charge is 2.13. The van der Waals surface area contributed by atoms with Crippen molar-refractivity contribution < 1.29 is 21.6 Å². The van der Waals surface area contributed by atoms with Gasteiger partial charge in [-0.05, 0) is 48.9 Å². The van der Waals surface area contributed by atoms with Gasteiger partial charge in [-0.1, -0.05) is 13.0 Å². The third-order valence-corrected chi connectivity index (χ3v) is 5.48. The highest BCUT2D eigenvalue weighted by molar-refractivity contribution is 7.92. The number of rotatable bonds is 8. The lowest BCUT2D eigenvalue weighted by Crippen LogP contribution is -2.24. The van der Waals surface area contributed by atoms with Crippen molar-refractivity contribution >= 4 is 37.3 Å². The summed E-state index contributed by atoms with van der Waals surface area (Å²) in [6, 6.07) is 11.8. The molecule has 2 aromatic carbocycles. The molecule has 0 spiro atoms. The molecule has 0 aliphatic carbocycles. The van der Waals surface area contributed by atoms with Crippen molar-refractivity contribution in [3.05, 3.63) is 54.1 Å². The van der Waals surface area contributed by atoms with Crippen LogP contribution in [0.5, 0.6) is 0 Å². The normalized spacial score (nSPS) is 11.8. The van der Waals surface area contributed by atoms with Gasteiger partial charge in [0.25, 0.3) is 5.91 Å². The van der Waals surface area contributed by atoms with Crippen LogP contribution in [0, 0.1) is 0 Å². The summed E-state index contributed by atoms with van der Waals surface area (Å²) in [4.78, 5) is 12.4. The van der Waals surface area contributed by atoms with Crippen LogP contribution in [0.4, 0.5) is 11.4 Å². The number of hydrogen-bond acceptors (Lipinski definition) is 5. The van der Waals surface area contributed by atoms with Gasteiger partial charge in [0.15, 0.2) is 0 Å². The lowest BCUT2D eigenvalue weighted by molar-refractivity contribution is 0.102. The van der Waals surface area contributed by atoms with E-state index < -0.39 is 26.0 Å². The molecule has 10 heteroatoms. The van der Waals surface area contributed by atoms with E-state index in [9.17, 15) is 21.6 Å². The molecule has 0 radical (unpaired) electrons. The molecule has 0 atom stereocenters. The molecule has 2 rings (SSSR count). The van der Waals surface area contributed by atoms with Gasteiger partial charge in [0, 0.05) is 23.5 Å². The molecule has 0 aliphatic rings. The van der Waals surface area contributed by atoms with Gasteiger partial charge in [0.1, 0.15) is 0 Å². The quantitative estimate of drug-likeness (QED) is 0.613. The molecule has 0 aromatic heterocycles. The van der Waals surface area contributed by atoms with E-state index in [0.29, 0.717) is 18.7 Å². The van der Waals surface area contributed by atoms with Crippen molar-refractivity contribution in [2.45, 2.75) is 18.2 Å². The fraction of sp³-hybridized carbons (Fsp3) is 0.235. The Labute approximate surface area is 159 Å². The van der Waals surface area contributed by atoms with E-state index >= 15 is 0 Å². The first kappa shape index (κ1) is 20.9. The summed E-state index contributed by atoms with van der Waals surface area (Å²) in [6.07, 6.45) is 1.70. The summed E-state index contributed by atoms with van der Waals surface area (Å²) in [7, 11) is -7.02. The molecule has 27 heavy (non-hydrogen) atoms. The first-order valence-electron chi connectivity index (χ1n) is 8.09. The molecule has 8 nitrogen and oxygen atoms in total. The summed E-state index contributed by atoms with van der Waals surface area (Å²) in [5.74, 6) is -0.452. The third kappa shape index (κ3) is 6.35. The van der Waals surface area contributed by atoms with E-state index in [4.69, 9.17) is 0 Å². The fourth-order valence-electron chi connectivity index (χ4n) is 2.18. The van der Waals surface area contributed by atoms with Crippen molar-refractivity contribution in [3.8, 4) is 0 Å². The van der Waals surface area contributed by atoms with Crippen molar-refractivity contribution in [2.75, 3.05) is 22.8 Å². The minimum absolute atomic E-state index is 0.105. The molecule has 0 unspecified atom stereocenters. The molecule has 1 amide bonds. The zero-order valence-electron chi connectivity index (χ0n) is 14.9. The number of anilines is 2. The maximum Gasteiger partial charge on any atom is 0.255 e. The van der Waals surface area contributed by atoms with Gasteiger partial charge in [0.2, 0.25) is 20.0 Å². The molecule has 0 saturated heterocycles. The Morgan fingerprint density at radius 2 is 1.63 bits per heavy atom. The van der Waals surface area contributed by atoms with E-state index in [1.54, 1.807) is 6.07 Å². The Hall–Kier alpha value is -2.43. The molecule has 0 heterocycles. The van der Waals surface area contributed by atoms with Crippen LogP contribution >= 0.6 is 0 Å². The van der Waals surface area contributed by atoms with Gasteiger partial charge in [-0.25, -0.2) is 21.6 Å². The second-order valence-corrected chi connectivity index (χ2v) is 9.35. The zero-order valence-corrected chi connectivity index (χ0v) is 16.5. The monoisotopic (exact) mass is 411 g/mol. The van der Waals surface area contributed by atoms with E-state index in [1.807, 2.05) is 6.92 Å². The smallest absolute Gasteiger partial charge is 0.255 e. The van der Waals surface area contributed by atoms with Gasteiger partial charge < -0.3 is 5.32 Å². The topological polar surface area (TPSA) is 121 Å². The van der Waals surface area contributed by atoms with Crippen molar-refractivity contribution in [1.82, 2.24) is 4.72 Å². The number of nitrogens with one attached hydrogen (secondary N) is 3. The standard InChI is InChI=1S/C17H21N3O5S2/c1-3-11-18-27(24,25)16-9-7-14(8-10-16)19-17(21)13-5-4-6-15(12-13)20-26(2,22)23/h4-10,12,18,20H,3,11H2,1-2H3,(H,19,21). The number of amides is 1. The van der Waals surface area contributed by atoms with Crippen LogP contribution in [-0.4, -0.2) is 35.5 Å². The van der Waals surface area contributed by atoms with Crippen LogP contribution in [0.2, 0.25) is 0 Å². The average molecular weight is 412 g/mol. The summed E-state index contributed by atoms with van der Waals surface area (Å²) < 4.78 is 51.4. The SMILES string of the molecule is CCCNS(=O)(=O)c1ccc(NC(=O)c2cccc(NS(C)(=O)=O)c2)cc1. The minimum Gasteiger partial charge on any atom is -0.322 e. The van der Waals surface area contributed by atoms with E-state index in [0.717, 1.165) is 6.26 Å². The van der Waals surface area contributed by atoms with Crippen LogP contribution < -0.4 is 14.8 Å². The second-order valence-electron chi connectivity index (χ2n) is 5.83. The second kappa shape index (κ2) is 8.51. The highest BCUT2D eigenvalue weighted by atomic mass is 32.2. The average Bonchev–Trinajstić information content (AvgIpc) is 2.59. The van der Waals surface area contributed by atoms with Gasteiger partial charge in [-0.15, -0.1) is 0 Å². The molecular formula is C17H21N3O5S2. The predicted molar refractivity (Wildman–Crippen MR) is 105 cm³/mol. The summed E-state index contributed by atoms with van der Waals surface area (Å²) in [5.41, 5.74) is 0.939. The van der Waals surface area contributed by atoms with Crippen molar-refractivity contribution in [3.63, 3.8) is 0 Å². The number of sulfonamides is 2. The van der Waals surface area contributed by atoms with Crippen LogP contribution in [0.25, 0.3) is 0 Å². The molecule has 0 fully saturated rings. The maximum absolute atomic E-state index is 12.3. The lowest BCUT2D eigenvalue weighted by atomic mass is 10.2. The minimum atomic E-state index is -3.57. The molecule has 0 aliphatic heterocycles. The Balaban J connectivity index is 2.11. The summed E-state index contributed by atoms with van der Waals surface area (Å²) >= 11 is 0. The molecular weight excluding hydrogens is 390 g/mol. The van der Waals surface area contributed by atoms with Crippen LogP contribution in [0.3, 0.4) is 0 Å². The Morgan fingerprint density at radius 1 is 0.963 bits per heavy atom. The Kier molecular flexibility index (Phi) is 6.58. The number of benzene rings is 2. The van der Waals surface area contributed by atoms with Gasteiger partial charge in [-0.3, -0.25) is 9.52 Å². The zero-order chi connectivity index (χ0) is 20.1. The van der Waals surface area contributed by atoms with Crippen molar-refractivity contribution in [2.24, 2.45) is 0 Å². The largest absolute Gasteiger partial charge is 0.322 e. The van der Waals surface area contributed by atoms with Crippen LogP contribution in [0.15, 0.2) is 53.4 Å². The van der Waals surface area contributed by atoms with Crippen molar-refractivity contribution in [1.29, 1.82) is 0 Å². The molecule has 0 bridgehead atoms.